The van der Waals surface area contributed by atoms with Crippen LogP contribution in [0.2, 0.25) is 0 Å². The molecule has 0 bridgehead atoms. The molecule has 0 heterocycles. The quantitative estimate of drug-likeness (QED) is 0.0267. The van der Waals surface area contributed by atoms with Gasteiger partial charge < -0.3 is 71.8 Å². The minimum atomic E-state index is -2.44. The molecule has 0 aliphatic heterocycles. The number of nitrogens with one attached hydrogen (secondary N) is 3. The predicted octanol–water partition coefficient (Wildman–Crippen LogP) is -6.27. The van der Waals surface area contributed by atoms with Crippen molar-refractivity contribution >= 4 is 57.2 Å². The van der Waals surface area contributed by atoms with E-state index >= 15 is 0 Å². The summed E-state index contributed by atoms with van der Waals surface area (Å²) < 4.78 is 4.73. The number of hydrogen-bond donors (Lipinski definition) is 13. The van der Waals surface area contributed by atoms with Crippen LogP contribution in [0.4, 0.5) is 0 Å². The first kappa shape index (κ1) is 43.2. The van der Waals surface area contributed by atoms with Crippen molar-refractivity contribution in [2.45, 2.75) is 75.0 Å². The van der Waals surface area contributed by atoms with Gasteiger partial charge in [-0.3, -0.25) is 24.0 Å². The fourth-order valence-electron chi connectivity index (χ4n) is 3.40. The smallest absolute Gasteiger partial charge is 0.327 e. The van der Waals surface area contributed by atoms with Crippen LogP contribution >= 0.6 is 21.6 Å². The molecule has 13 N–H and O–H groups in total. The molecule has 0 radical (unpaired) electrons. The summed E-state index contributed by atoms with van der Waals surface area (Å²) in [7, 11) is 2.02. The van der Waals surface area contributed by atoms with Crippen molar-refractivity contribution in [3.05, 3.63) is 0 Å². The molecule has 0 aromatic heterocycles. The molecule has 3 amide bonds. The van der Waals surface area contributed by atoms with E-state index in [2.05, 4.69) is 0 Å². The third kappa shape index (κ3) is 15.2. The Morgan fingerprint density at radius 2 is 1.22 bits per heavy atom. The van der Waals surface area contributed by atoms with Gasteiger partial charge in [0.2, 0.25) is 17.7 Å². The number of carbonyl (C=O) groups excluding carboxylic acids is 4. The van der Waals surface area contributed by atoms with Gasteiger partial charge in [0.1, 0.15) is 55.3 Å². The minimum Gasteiger partial charge on any atom is -0.481 e. The number of ether oxygens (including phenoxy) is 1. The number of amides is 3. The summed E-state index contributed by atoms with van der Waals surface area (Å²) in [6.07, 6.45) is -13.9. The van der Waals surface area contributed by atoms with Crippen LogP contribution in [-0.4, -0.2) is 173 Å². The topological polar surface area (TPSA) is 350 Å². The molecule has 0 unspecified atom stereocenters. The Kier molecular flexibility index (Phi) is 20.6. The van der Waals surface area contributed by atoms with Gasteiger partial charge in [0.15, 0.2) is 0 Å². The second kappa shape index (κ2) is 21.9. The Bertz CT molecular complexity index is 1020. The van der Waals surface area contributed by atoms with Gasteiger partial charge in [0, 0.05) is 18.4 Å². The van der Waals surface area contributed by atoms with Crippen molar-refractivity contribution in [2.24, 2.45) is 5.92 Å². The largest absolute Gasteiger partial charge is 0.481 e. The lowest BCUT2D eigenvalue weighted by molar-refractivity contribution is -0.147. The van der Waals surface area contributed by atoms with Crippen LogP contribution < -0.4 is 16.0 Å². The lowest BCUT2D eigenvalue weighted by atomic mass is 9.95. The summed E-state index contributed by atoms with van der Waals surface area (Å²) in [6.45, 7) is 0.104. The van der Waals surface area contributed by atoms with Crippen molar-refractivity contribution in [1.29, 1.82) is 0 Å². The van der Waals surface area contributed by atoms with E-state index in [0.29, 0.717) is 0 Å². The van der Waals surface area contributed by atoms with E-state index in [0.717, 1.165) is 28.5 Å². The molecule has 0 saturated heterocycles. The van der Waals surface area contributed by atoms with Gasteiger partial charge in [-0.05, 0) is 0 Å². The number of aliphatic carboxylic acids is 2. The Morgan fingerprint density at radius 1 is 0.696 bits per heavy atom. The first-order valence-corrected chi connectivity index (χ1v) is 15.9. The zero-order chi connectivity index (χ0) is 35.7. The van der Waals surface area contributed by atoms with Crippen molar-refractivity contribution < 1.29 is 84.6 Å². The van der Waals surface area contributed by atoms with Crippen molar-refractivity contribution in [3.63, 3.8) is 0 Å². The highest BCUT2D eigenvalue weighted by Crippen LogP contribution is 2.22. The minimum absolute atomic E-state index is 0.0133. The number of aliphatic hydroxyl groups excluding tert-OH is 8. The predicted molar refractivity (Wildman–Crippen MR) is 157 cm³/mol. The molecule has 266 valence electrons. The molecule has 0 rings (SSSR count). The van der Waals surface area contributed by atoms with Crippen LogP contribution in [0.1, 0.15) is 20.3 Å². The van der Waals surface area contributed by atoms with Crippen molar-refractivity contribution in [3.8, 4) is 0 Å². The van der Waals surface area contributed by atoms with Crippen molar-refractivity contribution in [2.75, 3.05) is 31.3 Å². The number of esters is 1. The first-order chi connectivity index (χ1) is 21.4. The van der Waals surface area contributed by atoms with E-state index in [1.807, 2.05) is 16.0 Å². The highest BCUT2D eigenvalue weighted by Gasteiger charge is 2.40. The molecule has 0 saturated carbocycles. The normalized spacial score (nSPS) is 17.9. The van der Waals surface area contributed by atoms with Crippen LogP contribution in [0.25, 0.3) is 0 Å². The molecule has 0 spiro atoms. The van der Waals surface area contributed by atoms with Gasteiger partial charge in [-0.15, -0.1) is 0 Å². The van der Waals surface area contributed by atoms with Crippen molar-refractivity contribution in [1.82, 2.24) is 16.0 Å². The molecule has 10 atom stereocenters. The molecule has 22 heteroatoms. The molecule has 20 nitrogen and oxygen atoms in total. The summed E-state index contributed by atoms with van der Waals surface area (Å²) in [5.74, 6) is -9.63. The third-order valence-electron chi connectivity index (χ3n) is 6.13. The van der Waals surface area contributed by atoms with Gasteiger partial charge in [0.25, 0.3) is 0 Å². The molecule has 0 aromatic rings. The van der Waals surface area contributed by atoms with Gasteiger partial charge in [0.05, 0.1) is 31.7 Å². The Hall–Kier alpha value is -2.80. The SMILES string of the molecule is CC(=O)OCCSSC[C@H](NC(=O)[C@@H](NC(=O)[C@H](CC(=O)O)NC(=O)[C@@H](C)[C@@H](O)[C@H](O)[C@H](O)CO)[C@@H](O)[C@H](O)[C@H](O)CO)C(=O)O. The third-order valence-corrected chi connectivity index (χ3v) is 8.50. The lowest BCUT2D eigenvalue weighted by Gasteiger charge is -2.31. The molecular formula is C24H41N3O17S2. The average molecular weight is 708 g/mol. The van der Waals surface area contributed by atoms with Gasteiger partial charge in [-0.2, -0.15) is 0 Å². The maximum Gasteiger partial charge on any atom is 0.327 e. The Balaban J connectivity index is 6.00. The first-order valence-electron chi connectivity index (χ1n) is 13.4. The molecule has 0 fully saturated rings. The second-order valence-corrected chi connectivity index (χ2v) is 12.4. The fourth-order valence-corrected chi connectivity index (χ4v) is 5.38. The van der Waals surface area contributed by atoms with E-state index < -0.39 is 116 Å². The highest BCUT2D eigenvalue weighted by atomic mass is 33.1. The molecule has 0 aliphatic rings. The maximum absolute atomic E-state index is 13.1. The van der Waals surface area contributed by atoms with E-state index in [1.54, 1.807) is 0 Å². The van der Waals surface area contributed by atoms with E-state index in [9.17, 15) is 69.6 Å². The molecule has 0 aliphatic carbocycles. The van der Waals surface area contributed by atoms with Gasteiger partial charge in [-0.1, -0.05) is 28.5 Å². The van der Waals surface area contributed by atoms with Crippen LogP contribution in [0.5, 0.6) is 0 Å². The Morgan fingerprint density at radius 3 is 1.70 bits per heavy atom. The number of rotatable bonds is 23. The average Bonchev–Trinajstić information content (AvgIpc) is 3.00. The summed E-state index contributed by atoms with van der Waals surface area (Å²) >= 11 is 0. The monoisotopic (exact) mass is 707 g/mol. The highest BCUT2D eigenvalue weighted by molar-refractivity contribution is 8.76. The fraction of sp³-hybridized carbons (Fsp3) is 0.750. The second-order valence-electron chi connectivity index (χ2n) is 9.74. The summed E-state index contributed by atoms with van der Waals surface area (Å²) in [5.41, 5.74) is 0. The number of carboxylic acids is 2. The molecular weight excluding hydrogens is 666 g/mol. The standard InChI is InChI=1S/C24H41N3O17S2/c1-9(17(35)18(36)13(31)6-28)21(39)25-11(5-15(33)34)22(40)27-16(20(38)19(37)14(32)7-29)23(41)26-12(24(42)43)8-46-45-4-3-44-10(2)30/h9,11-14,16-20,28-29,31-32,35-38H,3-8H2,1-2H3,(H,25,39)(H,26,41)(H,27,40)(H,33,34)(H,42,43)/t9-,11-,12-,13+,14+,16-,17+,18+,19+,20+/m0/s1. The van der Waals surface area contributed by atoms with E-state index in [-0.39, 0.29) is 18.1 Å². The number of carboxylic acid groups (broad SMARTS) is 2. The summed E-state index contributed by atoms with van der Waals surface area (Å²) in [4.78, 5) is 72.9. The van der Waals surface area contributed by atoms with E-state index in [1.165, 1.54) is 6.92 Å². The molecule has 46 heavy (non-hydrogen) atoms. The zero-order valence-electron chi connectivity index (χ0n) is 24.7. The van der Waals surface area contributed by atoms with Crippen LogP contribution in [0.3, 0.4) is 0 Å². The summed E-state index contributed by atoms with van der Waals surface area (Å²) in [6, 6.07) is -6.05. The molecule has 0 aromatic carbocycles. The summed E-state index contributed by atoms with van der Waals surface area (Å²) in [5, 5.41) is 103. The maximum atomic E-state index is 13.1. The Labute approximate surface area is 269 Å². The lowest BCUT2D eigenvalue weighted by Crippen LogP contribution is -2.63. The van der Waals surface area contributed by atoms with E-state index in [4.69, 9.17) is 14.9 Å². The number of carbonyl (C=O) groups is 6. The number of hydrogen-bond acceptors (Lipinski definition) is 17. The van der Waals surface area contributed by atoms with Gasteiger partial charge >= 0.3 is 17.9 Å². The zero-order valence-corrected chi connectivity index (χ0v) is 26.3. The van der Waals surface area contributed by atoms with Crippen LogP contribution in [-0.2, 0) is 33.5 Å². The number of aliphatic hydroxyl groups is 8. The van der Waals surface area contributed by atoms with Gasteiger partial charge in [-0.25, -0.2) is 4.79 Å². The van der Waals surface area contributed by atoms with Crippen LogP contribution in [0.15, 0.2) is 0 Å². The van der Waals surface area contributed by atoms with Crippen LogP contribution in [0, 0.1) is 5.92 Å².